The Kier molecular flexibility index (Phi) is 7.54. The lowest BCUT2D eigenvalue weighted by Gasteiger charge is -2.26. The molecule has 9 nitrogen and oxygen atoms in total. The van der Waals surface area contributed by atoms with Crippen LogP contribution in [0.25, 0.3) is 0 Å². The molecule has 1 aliphatic heterocycles. The summed E-state index contributed by atoms with van der Waals surface area (Å²) in [5.41, 5.74) is 1.69. The van der Waals surface area contributed by atoms with Crippen LogP contribution in [-0.2, 0) is 17.7 Å². The number of nitrogens with zero attached hydrogens (tertiary/aromatic N) is 3. The van der Waals surface area contributed by atoms with E-state index in [2.05, 4.69) is 38.8 Å². The number of H-pyrrole nitrogens is 1. The summed E-state index contributed by atoms with van der Waals surface area (Å²) in [4.78, 5) is 32.8. The van der Waals surface area contributed by atoms with Crippen LogP contribution in [-0.4, -0.2) is 62.6 Å². The highest BCUT2D eigenvalue weighted by atomic mass is 16.5. The van der Waals surface area contributed by atoms with Crippen molar-refractivity contribution in [2.75, 3.05) is 32.9 Å². The first kappa shape index (κ1) is 23.4. The van der Waals surface area contributed by atoms with Crippen molar-refractivity contribution in [3.05, 3.63) is 92.0 Å². The molecular weight excluding hydrogens is 436 g/mol. The van der Waals surface area contributed by atoms with Crippen molar-refractivity contribution in [3.8, 4) is 17.6 Å². The topological polar surface area (TPSA) is 121 Å². The molecular formula is C25H26N4O5. The summed E-state index contributed by atoms with van der Waals surface area (Å²) < 4.78 is 6.72. The number of benzene rings is 1. The molecule has 0 aliphatic carbocycles. The molecule has 176 valence electrons. The minimum atomic E-state index is -0.686. The van der Waals surface area contributed by atoms with E-state index in [1.54, 1.807) is 12.3 Å². The van der Waals surface area contributed by atoms with Gasteiger partial charge in [-0.1, -0.05) is 24.0 Å². The molecule has 1 aliphatic rings. The third kappa shape index (κ3) is 5.80. The molecule has 0 saturated carbocycles. The number of aromatic hydroxyl groups is 1. The quantitative estimate of drug-likeness (QED) is 0.460. The molecule has 3 aromatic rings. The van der Waals surface area contributed by atoms with Gasteiger partial charge in [-0.15, -0.1) is 0 Å². The molecule has 0 radical (unpaired) electrons. The highest BCUT2D eigenvalue weighted by Crippen LogP contribution is 2.16. The summed E-state index contributed by atoms with van der Waals surface area (Å²) in [7, 11) is 0. The monoisotopic (exact) mass is 462 g/mol. The second-order valence-electron chi connectivity index (χ2n) is 8.06. The van der Waals surface area contributed by atoms with Gasteiger partial charge in [-0.05, 0) is 23.8 Å². The zero-order chi connectivity index (χ0) is 23.9. The van der Waals surface area contributed by atoms with Crippen molar-refractivity contribution in [1.29, 1.82) is 0 Å². The lowest BCUT2D eigenvalue weighted by Crippen LogP contribution is -2.35. The Hall–Kier alpha value is -3.71. The van der Waals surface area contributed by atoms with E-state index in [0.717, 1.165) is 38.4 Å². The van der Waals surface area contributed by atoms with Crippen LogP contribution in [0.1, 0.15) is 28.4 Å². The van der Waals surface area contributed by atoms with Crippen molar-refractivity contribution < 1.29 is 14.9 Å². The fourth-order valence-electron chi connectivity index (χ4n) is 3.78. The van der Waals surface area contributed by atoms with Gasteiger partial charge in [0.25, 0.3) is 11.1 Å². The zero-order valence-electron chi connectivity index (χ0n) is 18.6. The summed E-state index contributed by atoms with van der Waals surface area (Å²) in [6.45, 7) is 3.93. The number of pyridine rings is 1. The summed E-state index contributed by atoms with van der Waals surface area (Å²) in [5.74, 6) is 5.55. The first-order chi connectivity index (χ1) is 16.5. The van der Waals surface area contributed by atoms with E-state index >= 15 is 0 Å². The zero-order valence-corrected chi connectivity index (χ0v) is 18.6. The maximum Gasteiger partial charge on any atom is 0.293 e. The smallest absolute Gasteiger partial charge is 0.293 e. The van der Waals surface area contributed by atoms with E-state index in [-0.39, 0.29) is 24.3 Å². The molecule has 1 fully saturated rings. The molecule has 3 N–H and O–H groups in total. The lowest BCUT2D eigenvalue weighted by atomic mass is 10.1. The van der Waals surface area contributed by atoms with Crippen molar-refractivity contribution in [1.82, 2.24) is 19.4 Å². The molecule has 2 aromatic heterocycles. The standard InChI is InChI=1S/C25H26N4O5/c30-16-21(14-22-24(32)25(33)27-17-26-22)29-8-7-19(13-23(29)31)4-1-18-2-5-20(6-3-18)15-28-9-11-34-12-10-28/h2-3,5-8,13,17,21,30,32H,9-12,14-16H2,(H,26,27,33). The van der Waals surface area contributed by atoms with Gasteiger partial charge < -0.3 is 24.5 Å². The van der Waals surface area contributed by atoms with Gasteiger partial charge in [-0.2, -0.15) is 0 Å². The highest BCUT2D eigenvalue weighted by molar-refractivity contribution is 5.43. The highest BCUT2D eigenvalue weighted by Gasteiger charge is 2.17. The third-order valence-electron chi connectivity index (χ3n) is 5.70. The number of aliphatic hydroxyl groups is 1. The van der Waals surface area contributed by atoms with Crippen molar-refractivity contribution in [3.63, 3.8) is 0 Å². The van der Waals surface area contributed by atoms with E-state index in [4.69, 9.17) is 4.74 Å². The van der Waals surface area contributed by atoms with Gasteiger partial charge in [0.15, 0.2) is 0 Å². The largest absolute Gasteiger partial charge is 0.502 e. The van der Waals surface area contributed by atoms with Crippen LogP contribution < -0.4 is 11.1 Å². The molecule has 3 heterocycles. The van der Waals surface area contributed by atoms with E-state index in [9.17, 15) is 19.8 Å². The average molecular weight is 463 g/mol. The molecule has 0 bridgehead atoms. The van der Waals surface area contributed by atoms with E-state index in [0.29, 0.717) is 5.56 Å². The second-order valence-corrected chi connectivity index (χ2v) is 8.06. The number of hydrogen-bond acceptors (Lipinski definition) is 7. The summed E-state index contributed by atoms with van der Waals surface area (Å²) in [6.07, 6.45) is 2.74. The number of aliphatic hydroxyl groups excluding tert-OH is 1. The van der Waals surface area contributed by atoms with Crippen LogP contribution in [0.5, 0.6) is 5.75 Å². The van der Waals surface area contributed by atoms with Gasteiger partial charge in [0.2, 0.25) is 5.75 Å². The van der Waals surface area contributed by atoms with E-state index in [1.807, 2.05) is 12.1 Å². The fourth-order valence-corrected chi connectivity index (χ4v) is 3.78. The van der Waals surface area contributed by atoms with Gasteiger partial charge in [-0.25, -0.2) is 4.98 Å². The Labute approximate surface area is 196 Å². The van der Waals surface area contributed by atoms with Crippen LogP contribution in [0, 0.1) is 11.8 Å². The normalized spacial score (nSPS) is 14.9. The number of nitrogens with one attached hydrogen (secondary N) is 1. The van der Waals surface area contributed by atoms with E-state index < -0.39 is 17.4 Å². The molecule has 0 amide bonds. The number of morpholine rings is 1. The van der Waals surface area contributed by atoms with Gasteiger partial charge in [0, 0.05) is 49.4 Å². The molecule has 0 spiro atoms. The van der Waals surface area contributed by atoms with E-state index in [1.165, 1.54) is 22.5 Å². The Morgan fingerprint density at radius 3 is 2.53 bits per heavy atom. The van der Waals surface area contributed by atoms with Crippen LogP contribution in [0.3, 0.4) is 0 Å². The summed E-state index contributed by atoms with van der Waals surface area (Å²) in [5, 5.41) is 19.7. The maximum atomic E-state index is 12.6. The van der Waals surface area contributed by atoms with Crippen molar-refractivity contribution in [2.24, 2.45) is 0 Å². The molecule has 4 rings (SSSR count). The van der Waals surface area contributed by atoms with Crippen LogP contribution in [0.2, 0.25) is 0 Å². The molecule has 1 saturated heterocycles. The Morgan fingerprint density at radius 1 is 1.09 bits per heavy atom. The molecule has 34 heavy (non-hydrogen) atoms. The second kappa shape index (κ2) is 10.9. The molecule has 1 unspecified atom stereocenters. The van der Waals surface area contributed by atoms with Gasteiger partial charge in [0.05, 0.1) is 37.9 Å². The van der Waals surface area contributed by atoms with Gasteiger partial charge in [-0.3, -0.25) is 14.5 Å². The van der Waals surface area contributed by atoms with Crippen LogP contribution in [0.4, 0.5) is 0 Å². The SMILES string of the molecule is O=c1[nH]cnc(CC(CO)n2ccc(C#Cc3ccc(CN4CCOCC4)cc3)cc2=O)c1O. The Bertz CT molecular complexity index is 1300. The maximum absolute atomic E-state index is 12.6. The number of rotatable bonds is 6. The molecule has 1 atom stereocenters. The van der Waals surface area contributed by atoms with Crippen molar-refractivity contribution in [2.45, 2.75) is 19.0 Å². The lowest BCUT2D eigenvalue weighted by molar-refractivity contribution is 0.0342. The predicted molar refractivity (Wildman–Crippen MR) is 126 cm³/mol. The average Bonchev–Trinajstić information content (AvgIpc) is 2.86. The number of aromatic amines is 1. The van der Waals surface area contributed by atoms with Crippen LogP contribution >= 0.6 is 0 Å². The number of hydrogen-bond donors (Lipinski definition) is 3. The predicted octanol–water partition coefficient (Wildman–Crippen LogP) is 0.645. The Morgan fingerprint density at radius 2 is 1.82 bits per heavy atom. The molecule has 1 aromatic carbocycles. The summed E-state index contributed by atoms with van der Waals surface area (Å²) in [6, 6.07) is 10.4. The first-order valence-corrected chi connectivity index (χ1v) is 11.0. The minimum Gasteiger partial charge on any atom is -0.502 e. The number of ether oxygens (including phenoxy) is 1. The third-order valence-corrected chi connectivity index (χ3v) is 5.70. The number of aromatic nitrogens is 3. The molecule has 9 heteroatoms. The van der Waals surface area contributed by atoms with Gasteiger partial charge in [0.1, 0.15) is 0 Å². The fraction of sp³-hybridized carbons (Fsp3) is 0.320. The summed E-state index contributed by atoms with van der Waals surface area (Å²) >= 11 is 0. The van der Waals surface area contributed by atoms with Gasteiger partial charge >= 0.3 is 0 Å². The minimum absolute atomic E-state index is 0.0218. The Balaban J connectivity index is 1.44. The first-order valence-electron chi connectivity index (χ1n) is 11.0. The van der Waals surface area contributed by atoms with Crippen molar-refractivity contribution >= 4 is 0 Å². The van der Waals surface area contributed by atoms with Crippen LogP contribution in [0.15, 0.2) is 58.5 Å².